The van der Waals surface area contributed by atoms with E-state index < -0.39 is 28.7 Å². The van der Waals surface area contributed by atoms with Crippen molar-refractivity contribution in [3.63, 3.8) is 0 Å². The third-order valence-electron chi connectivity index (χ3n) is 4.83. The highest BCUT2D eigenvalue weighted by Gasteiger charge is 2.34. The van der Waals surface area contributed by atoms with Gasteiger partial charge in [0.15, 0.2) is 0 Å². The van der Waals surface area contributed by atoms with Gasteiger partial charge in [0, 0.05) is 23.2 Å². The van der Waals surface area contributed by atoms with E-state index in [9.17, 15) is 28.2 Å². The van der Waals surface area contributed by atoms with Crippen molar-refractivity contribution >= 4 is 29.0 Å². The van der Waals surface area contributed by atoms with Gasteiger partial charge < -0.3 is 15.5 Å². The summed E-state index contributed by atoms with van der Waals surface area (Å²) in [6.45, 7) is 3.24. The number of anilines is 2. The van der Waals surface area contributed by atoms with Crippen molar-refractivity contribution < 1.29 is 28.2 Å². The molecule has 2 heterocycles. The van der Waals surface area contributed by atoms with E-state index in [2.05, 4.69) is 15.7 Å². The van der Waals surface area contributed by atoms with Gasteiger partial charge >= 0.3 is 6.18 Å². The van der Waals surface area contributed by atoms with Gasteiger partial charge in [0.1, 0.15) is 11.0 Å². The van der Waals surface area contributed by atoms with Crippen molar-refractivity contribution in [3.05, 3.63) is 64.3 Å². The Morgan fingerprint density at radius 1 is 1.16 bits per heavy atom. The summed E-state index contributed by atoms with van der Waals surface area (Å²) in [7, 11) is 0. The van der Waals surface area contributed by atoms with Crippen LogP contribution in [0.2, 0.25) is 5.15 Å². The van der Waals surface area contributed by atoms with Crippen LogP contribution in [0.15, 0.2) is 42.5 Å². The number of amides is 1. The van der Waals surface area contributed by atoms with Crippen molar-refractivity contribution in [1.82, 2.24) is 9.66 Å². The number of aromatic nitrogens is 2. The highest BCUT2D eigenvalue weighted by atomic mass is 35.5. The second kappa shape index (κ2) is 8.99. The van der Waals surface area contributed by atoms with Gasteiger partial charge in [-0.2, -0.15) is 17.8 Å². The molecule has 3 aromatic rings. The molecule has 0 aliphatic carbocycles. The van der Waals surface area contributed by atoms with Gasteiger partial charge in [-0.15, -0.1) is 0 Å². The first-order chi connectivity index (χ1) is 15.0. The smallest absolute Gasteiger partial charge is 0.419 e. The molecule has 1 amide bonds. The Bertz CT molecular complexity index is 1130. The van der Waals surface area contributed by atoms with E-state index >= 15 is 0 Å². The maximum Gasteiger partial charge on any atom is 0.419 e. The van der Waals surface area contributed by atoms with E-state index in [1.165, 1.54) is 0 Å². The lowest BCUT2D eigenvalue weighted by molar-refractivity contribution is -0.137. The molecule has 1 unspecified atom stereocenters. The number of para-hydroxylation sites is 1. The zero-order chi connectivity index (χ0) is 23.6. The number of nitrogens with zero attached hydrogens (tertiary/aromatic N) is 2. The fraction of sp³-hybridized carbons (Fsp3) is 0.238. The van der Waals surface area contributed by atoms with E-state index in [1.807, 2.05) is 6.07 Å². The third-order valence-corrected chi connectivity index (χ3v) is 5.11. The molecule has 0 radical (unpaired) electrons. The van der Waals surface area contributed by atoms with Gasteiger partial charge in [-0.1, -0.05) is 36.7 Å². The quantitative estimate of drug-likeness (QED) is 0.369. The molecule has 0 bridgehead atoms. The monoisotopic (exact) mass is 468 g/mol. The normalized spacial score (nSPS) is 12.4. The molecule has 1 atom stereocenters. The number of nitrogens with one attached hydrogen (secondary N) is 2. The van der Waals surface area contributed by atoms with Crippen molar-refractivity contribution in [1.29, 1.82) is 0 Å². The molecule has 0 saturated heterocycles. The Hall–Kier alpha value is -3.40. The van der Waals surface area contributed by atoms with Crippen LogP contribution in [0.5, 0.6) is 11.8 Å². The second-order valence-corrected chi connectivity index (χ2v) is 7.54. The molecular formula is C21H20ClF3N4O3. The summed E-state index contributed by atoms with van der Waals surface area (Å²) in [5.74, 6) is -1.70. The number of benzene rings is 1. The molecule has 1 aromatic carbocycles. The number of alkyl halides is 3. The number of hydrogen-bond donors (Lipinski definition) is 4. The number of pyridine rings is 1. The molecule has 4 N–H and O–H groups in total. The zero-order valence-electron chi connectivity index (χ0n) is 17.0. The summed E-state index contributed by atoms with van der Waals surface area (Å²) < 4.78 is 39.4. The Labute approximate surface area is 186 Å². The predicted molar refractivity (Wildman–Crippen MR) is 114 cm³/mol. The van der Waals surface area contributed by atoms with E-state index in [1.54, 1.807) is 38.1 Å². The predicted octanol–water partition coefficient (Wildman–Crippen LogP) is 5.28. The number of rotatable bonds is 6. The molecule has 0 spiro atoms. The maximum atomic E-state index is 12.9. The van der Waals surface area contributed by atoms with Crippen molar-refractivity contribution in [2.75, 3.05) is 10.7 Å². The number of carbonyl (C=O) groups is 1. The van der Waals surface area contributed by atoms with Crippen LogP contribution in [-0.4, -0.2) is 25.8 Å². The van der Waals surface area contributed by atoms with Crippen LogP contribution in [0.1, 0.15) is 36.0 Å². The molecular weight excluding hydrogens is 449 g/mol. The van der Waals surface area contributed by atoms with Gasteiger partial charge in [0.25, 0.3) is 0 Å². The van der Waals surface area contributed by atoms with Crippen molar-refractivity contribution in [3.8, 4) is 11.8 Å². The standard InChI is InChI=1S/C21H20ClF3N4O3/c1-11(10-16(30)26-13-6-4-3-5-7-13)17-12(2)19(31)29(20(17)32)28-15-9-8-14(18(22)27-15)21(23,24)25/h3-9,11,31-32H,10H2,1-2H3,(H,26,30)(H,27,28). The minimum atomic E-state index is -4.67. The van der Waals surface area contributed by atoms with Crippen LogP contribution in [0, 0.1) is 6.92 Å². The lowest BCUT2D eigenvalue weighted by Crippen LogP contribution is -2.15. The minimum absolute atomic E-state index is 0.0110. The summed E-state index contributed by atoms with van der Waals surface area (Å²) in [5, 5.41) is 23.0. The molecule has 0 fully saturated rings. The lowest BCUT2D eigenvalue weighted by Gasteiger charge is -2.14. The molecule has 32 heavy (non-hydrogen) atoms. The first-order valence-corrected chi connectivity index (χ1v) is 9.85. The van der Waals surface area contributed by atoms with Gasteiger partial charge in [0.2, 0.25) is 17.7 Å². The molecule has 0 aliphatic heterocycles. The second-order valence-electron chi connectivity index (χ2n) is 7.19. The maximum absolute atomic E-state index is 12.9. The summed E-state index contributed by atoms with van der Waals surface area (Å²) in [6, 6.07) is 10.6. The molecule has 2 aromatic heterocycles. The summed E-state index contributed by atoms with van der Waals surface area (Å²) >= 11 is 5.62. The largest absolute Gasteiger partial charge is 0.493 e. The number of hydrogen-bond acceptors (Lipinski definition) is 5. The molecule has 3 rings (SSSR count). The van der Waals surface area contributed by atoms with Crippen molar-refractivity contribution in [2.24, 2.45) is 0 Å². The number of carbonyl (C=O) groups excluding carboxylic acids is 1. The average Bonchev–Trinajstić information content (AvgIpc) is 2.91. The zero-order valence-corrected chi connectivity index (χ0v) is 17.8. The Kier molecular flexibility index (Phi) is 6.54. The number of halogens is 4. The van der Waals surface area contributed by atoms with Gasteiger partial charge in [-0.25, -0.2) is 4.98 Å². The summed E-state index contributed by atoms with van der Waals surface area (Å²) in [5.41, 5.74) is 2.64. The SMILES string of the molecule is Cc1c(C(C)CC(=O)Nc2ccccc2)c(O)n(Nc2ccc(C(F)(F)F)c(Cl)n2)c1O. The summed E-state index contributed by atoms with van der Waals surface area (Å²) in [6.07, 6.45) is -4.66. The Morgan fingerprint density at radius 3 is 2.41 bits per heavy atom. The van der Waals surface area contributed by atoms with E-state index in [0.717, 1.165) is 16.8 Å². The van der Waals surface area contributed by atoms with Crippen LogP contribution >= 0.6 is 11.6 Å². The Morgan fingerprint density at radius 2 is 1.81 bits per heavy atom. The van der Waals surface area contributed by atoms with Gasteiger partial charge in [-0.05, 0) is 37.1 Å². The molecule has 0 saturated carbocycles. The summed E-state index contributed by atoms with van der Waals surface area (Å²) in [4.78, 5) is 16.0. The molecule has 170 valence electrons. The number of aromatic hydroxyl groups is 2. The topological polar surface area (TPSA) is 99.4 Å². The van der Waals surface area contributed by atoms with Gasteiger partial charge in [-0.3, -0.25) is 10.2 Å². The van der Waals surface area contributed by atoms with Crippen LogP contribution in [0.3, 0.4) is 0 Å². The average molecular weight is 469 g/mol. The highest BCUT2D eigenvalue weighted by Crippen LogP contribution is 2.39. The first-order valence-electron chi connectivity index (χ1n) is 9.47. The third kappa shape index (κ3) is 4.91. The van der Waals surface area contributed by atoms with Crippen molar-refractivity contribution in [2.45, 2.75) is 32.4 Å². The van der Waals surface area contributed by atoms with E-state index in [0.29, 0.717) is 16.8 Å². The molecule has 7 nitrogen and oxygen atoms in total. The van der Waals surface area contributed by atoms with Crippen LogP contribution in [0.4, 0.5) is 24.7 Å². The lowest BCUT2D eigenvalue weighted by atomic mass is 9.96. The molecule has 11 heteroatoms. The van der Waals surface area contributed by atoms with E-state index in [-0.39, 0.29) is 24.0 Å². The van der Waals surface area contributed by atoms with Gasteiger partial charge in [0.05, 0.1) is 5.56 Å². The fourth-order valence-corrected chi connectivity index (χ4v) is 3.57. The minimum Gasteiger partial charge on any atom is -0.493 e. The van der Waals surface area contributed by atoms with Crippen LogP contribution in [-0.2, 0) is 11.0 Å². The first kappa shape index (κ1) is 23.3. The highest BCUT2D eigenvalue weighted by molar-refractivity contribution is 6.30. The van der Waals surface area contributed by atoms with Crippen LogP contribution < -0.4 is 10.7 Å². The van der Waals surface area contributed by atoms with Crippen LogP contribution in [0.25, 0.3) is 0 Å². The Balaban J connectivity index is 1.80. The van der Waals surface area contributed by atoms with E-state index in [4.69, 9.17) is 11.6 Å². The molecule has 0 aliphatic rings. The fourth-order valence-electron chi connectivity index (χ4n) is 3.31.